The van der Waals surface area contributed by atoms with Crippen molar-refractivity contribution in [2.24, 2.45) is 5.92 Å². The third-order valence-corrected chi connectivity index (χ3v) is 8.29. The molecule has 1 aliphatic rings. The lowest BCUT2D eigenvalue weighted by Gasteiger charge is -2.33. The number of hydrogen-bond acceptors (Lipinski definition) is 2. The Bertz CT molecular complexity index is 984. The highest BCUT2D eigenvalue weighted by molar-refractivity contribution is 5.57. The minimum Gasteiger partial charge on any atom is -0.507 e. The lowest BCUT2D eigenvalue weighted by atomic mass is 9.72. The zero-order valence-electron chi connectivity index (χ0n) is 22.3. The summed E-state index contributed by atoms with van der Waals surface area (Å²) in [6.45, 7) is 19.6. The van der Waals surface area contributed by atoms with E-state index in [1.54, 1.807) is 0 Å². The minimum absolute atomic E-state index is 0.0590. The van der Waals surface area contributed by atoms with Crippen LogP contribution in [0.3, 0.4) is 0 Å². The van der Waals surface area contributed by atoms with Gasteiger partial charge in [-0.1, -0.05) is 88.6 Å². The van der Waals surface area contributed by atoms with Crippen molar-refractivity contribution in [3.8, 4) is 11.5 Å². The van der Waals surface area contributed by atoms with Crippen molar-refractivity contribution >= 4 is 0 Å². The van der Waals surface area contributed by atoms with E-state index >= 15 is 0 Å². The third-order valence-electron chi connectivity index (χ3n) is 8.29. The largest absolute Gasteiger partial charge is 0.507 e. The molecule has 0 saturated heterocycles. The Hall–Kier alpha value is -2.22. The number of phenols is 2. The highest BCUT2D eigenvalue weighted by Gasteiger charge is 2.35. The van der Waals surface area contributed by atoms with Gasteiger partial charge in [0.2, 0.25) is 0 Å². The molecule has 0 radical (unpaired) electrons. The quantitative estimate of drug-likeness (QED) is 0.416. The molecule has 1 unspecified atom stereocenters. The van der Waals surface area contributed by atoms with E-state index in [0.717, 1.165) is 59.1 Å². The van der Waals surface area contributed by atoms with Crippen molar-refractivity contribution < 1.29 is 10.2 Å². The summed E-state index contributed by atoms with van der Waals surface area (Å²) in [4.78, 5) is 0. The summed E-state index contributed by atoms with van der Waals surface area (Å²) in [5, 5.41) is 23.3. The lowest BCUT2D eigenvalue weighted by molar-refractivity contribution is 0.393. The summed E-state index contributed by atoms with van der Waals surface area (Å²) in [5.74, 6) is 1.07. The predicted octanol–water partition coefficient (Wildman–Crippen LogP) is 8.58. The molecule has 0 bridgehead atoms. The van der Waals surface area contributed by atoms with Crippen LogP contribution in [0.5, 0.6) is 11.5 Å². The van der Waals surface area contributed by atoms with Gasteiger partial charge in [-0.25, -0.2) is 0 Å². The Morgan fingerprint density at radius 1 is 0.788 bits per heavy atom. The molecule has 0 aliphatic heterocycles. The van der Waals surface area contributed by atoms with Crippen LogP contribution >= 0.6 is 0 Å². The summed E-state index contributed by atoms with van der Waals surface area (Å²) in [5.41, 5.74) is 7.41. The molecule has 2 aromatic rings. The minimum atomic E-state index is -0.122. The number of aromatic hydroxyl groups is 2. The van der Waals surface area contributed by atoms with Crippen LogP contribution < -0.4 is 0 Å². The number of phenolic OH excluding ortho intramolecular Hbond substituents is 2. The second kappa shape index (κ2) is 9.20. The molecule has 0 fully saturated rings. The molecule has 180 valence electrons. The number of benzene rings is 2. The Kier molecular flexibility index (Phi) is 7.08. The monoisotopic (exact) mass is 448 g/mol. The van der Waals surface area contributed by atoms with E-state index in [-0.39, 0.29) is 16.7 Å². The molecule has 2 nitrogen and oxygen atoms in total. The van der Waals surface area contributed by atoms with E-state index in [2.05, 4.69) is 92.7 Å². The molecular weight excluding hydrogens is 404 g/mol. The smallest absolute Gasteiger partial charge is 0.123 e. The molecule has 0 saturated carbocycles. The zero-order valence-corrected chi connectivity index (χ0v) is 22.3. The first-order valence-corrected chi connectivity index (χ1v) is 12.7. The maximum Gasteiger partial charge on any atom is 0.123 e. The van der Waals surface area contributed by atoms with E-state index in [9.17, 15) is 10.2 Å². The SMILES string of the molecule is CCC(C)(C)c1cc(C)cc(C(c2cc(C)cc(C(C)(C)CC)c2O)C2CC=C(C)C2)c1O. The van der Waals surface area contributed by atoms with Crippen LogP contribution in [0.15, 0.2) is 35.9 Å². The summed E-state index contributed by atoms with van der Waals surface area (Å²) in [6.07, 6.45) is 6.18. The van der Waals surface area contributed by atoms with Gasteiger partial charge in [-0.15, -0.1) is 0 Å². The topological polar surface area (TPSA) is 40.5 Å². The molecule has 2 heteroatoms. The fourth-order valence-electron chi connectivity index (χ4n) is 5.36. The van der Waals surface area contributed by atoms with Gasteiger partial charge in [0.25, 0.3) is 0 Å². The molecule has 1 atom stereocenters. The van der Waals surface area contributed by atoms with Crippen molar-refractivity contribution in [2.75, 3.05) is 0 Å². The van der Waals surface area contributed by atoms with Gasteiger partial charge in [-0.05, 0) is 63.2 Å². The first kappa shape index (κ1) is 25.4. The average molecular weight is 449 g/mol. The Morgan fingerprint density at radius 2 is 1.21 bits per heavy atom. The van der Waals surface area contributed by atoms with Crippen LogP contribution in [0.1, 0.15) is 113 Å². The fraction of sp³-hybridized carbons (Fsp3) is 0.548. The molecule has 3 rings (SSSR count). The molecule has 0 amide bonds. The van der Waals surface area contributed by atoms with Gasteiger partial charge in [-0.3, -0.25) is 0 Å². The fourth-order valence-corrected chi connectivity index (χ4v) is 5.36. The van der Waals surface area contributed by atoms with Crippen LogP contribution in [0.2, 0.25) is 0 Å². The first-order chi connectivity index (χ1) is 15.3. The highest BCUT2D eigenvalue weighted by Crippen LogP contribution is 2.51. The second-order valence-corrected chi connectivity index (χ2v) is 11.7. The summed E-state index contributed by atoms with van der Waals surface area (Å²) >= 11 is 0. The van der Waals surface area contributed by atoms with Crippen LogP contribution in [-0.4, -0.2) is 10.2 Å². The molecule has 2 aromatic carbocycles. The molecular formula is C31H44O2. The van der Waals surface area contributed by atoms with Crippen molar-refractivity contribution in [2.45, 2.75) is 105 Å². The number of rotatable bonds is 7. The zero-order chi connectivity index (χ0) is 24.7. The van der Waals surface area contributed by atoms with Gasteiger partial charge < -0.3 is 10.2 Å². The van der Waals surface area contributed by atoms with E-state index < -0.39 is 0 Å². The van der Waals surface area contributed by atoms with E-state index in [1.807, 2.05) is 0 Å². The summed E-state index contributed by atoms with van der Waals surface area (Å²) < 4.78 is 0. The van der Waals surface area contributed by atoms with Crippen LogP contribution in [0.25, 0.3) is 0 Å². The summed E-state index contributed by atoms with van der Waals surface area (Å²) in [6, 6.07) is 8.57. The molecule has 1 aliphatic carbocycles. The van der Waals surface area contributed by atoms with Crippen molar-refractivity contribution in [1.29, 1.82) is 0 Å². The Morgan fingerprint density at radius 3 is 1.55 bits per heavy atom. The number of hydrogen-bond donors (Lipinski definition) is 2. The van der Waals surface area contributed by atoms with Gasteiger partial charge in [0.05, 0.1) is 0 Å². The molecule has 2 N–H and O–H groups in total. The number of aryl methyl sites for hydroxylation is 2. The molecule has 0 heterocycles. The van der Waals surface area contributed by atoms with Crippen molar-refractivity contribution in [3.63, 3.8) is 0 Å². The van der Waals surface area contributed by atoms with Crippen molar-refractivity contribution in [1.82, 2.24) is 0 Å². The standard InChI is InChI=1S/C31H44O2/c1-10-30(6,7)25-17-20(4)15-23(28(25)32)27(22-13-12-19(3)14-22)24-16-21(5)18-26(29(24)33)31(8,9)11-2/h12,15-18,22,27,32-33H,10-11,13-14H2,1-9H3. The van der Waals surface area contributed by atoms with Crippen LogP contribution in [0.4, 0.5) is 0 Å². The van der Waals surface area contributed by atoms with Crippen molar-refractivity contribution in [3.05, 3.63) is 69.3 Å². The molecule has 0 spiro atoms. The van der Waals surface area contributed by atoms with E-state index in [0.29, 0.717) is 17.4 Å². The maximum atomic E-state index is 11.7. The van der Waals surface area contributed by atoms with E-state index in [1.165, 1.54) is 5.57 Å². The predicted molar refractivity (Wildman–Crippen MR) is 141 cm³/mol. The van der Waals surface area contributed by atoms with Gasteiger partial charge in [0.1, 0.15) is 11.5 Å². The van der Waals surface area contributed by atoms with Crippen LogP contribution in [-0.2, 0) is 10.8 Å². The van der Waals surface area contributed by atoms with Gasteiger partial charge >= 0.3 is 0 Å². The van der Waals surface area contributed by atoms with E-state index in [4.69, 9.17) is 0 Å². The Balaban J connectivity index is 2.32. The summed E-state index contributed by atoms with van der Waals surface area (Å²) in [7, 11) is 0. The molecule has 0 aromatic heterocycles. The lowest BCUT2D eigenvalue weighted by Crippen LogP contribution is -2.21. The average Bonchev–Trinajstić information content (AvgIpc) is 3.18. The molecule has 33 heavy (non-hydrogen) atoms. The Labute approximate surface area is 201 Å². The van der Waals surface area contributed by atoms with Crippen LogP contribution in [0, 0.1) is 19.8 Å². The van der Waals surface area contributed by atoms with Gasteiger partial charge in [0, 0.05) is 28.2 Å². The highest BCUT2D eigenvalue weighted by atomic mass is 16.3. The second-order valence-electron chi connectivity index (χ2n) is 11.7. The normalized spacial score (nSPS) is 17.0. The van der Waals surface area contributed by atoms with Gasteiger partial charge in [0.15, 0.2) is 0 Å². The first-order valence-electron chi connectivity index (χ1n) is 12.7. The number of allylic oxidation sites excluding steroid dienone is 2. The maximum absolute atomic E-state index is 11.7. The third kappa shape index (κ3) is 4.86. The van der Waals surface area contributed by atoms with Gasteiger partial charge in [-0.2, -0.15) is 0 Å².